The van der Waals surface area contributed by atoms with Crippen LogP contribution in [0, 0.1) is 17.1 Å². The molecule has 0 aliphatic rings. The molecule has 0 saturated carbocycles. The third kappa shape index (κ3) is 2.23. The summed E-state index contributed by atoms with van der Waals surface area (Å²) in [5.74, 6) is -0.716. The van der Waals surface area contributed by atoms with E-state index in [1.807, 2.05) is 6.07 Å². The molecule has 21 heavy (non-hydrogen) atoms. The van der Waals surface area contributed by atoms with E-state index >= 15 is 0 Å². The highest BCUT2D eigenvalue weighted by atomic mass is 19.1. The Morgan fingerprint density at radius 3 is 2.95 bits per heavy atom. The van der Waals surface area contributed by atoms with Gasteiger partial charge < -0.3 is 14.5 Å². The Bertz CT molecular complexity index is 854. The molecule has 6 nitrogen and oxygen atoms in total. The molecular weight excluding hydrogens is 275 g/mol. The summed E-state index contributed by atoms with van der Waals surface area (Å²) in [5, 5.41) is 12.4. The number of aromatic nitrogens is 2. The quantitative estimate of drug-likeness (QED) is 0.795. The molecule has 104 valence electrons. The van der Waals surface area contributed by atoms with Crippen molar-refractivity contribution in [3.8, 4) is 17.7 Å². The first-order valence-electron chi connectivity index (χ1n) is 6.02. The van der Waals surface area contributed by atoms with Crippen LogP contribution in [-0.2, 0) is 0 Å². The number of nitrogens with zero attached hydrogens (tertiary/aromatic N) is 3. The van der Waals surface area contributed by atoms with Gasteiger partial charge in [0.1, 0.15) is 11.7 Å². The summed E-state index contributed by atoms with van der Waals surface area (Å²) < 4.78 is 24.5. The molecule has 2 heterocycles. The van der Waals surface area contributed by atoms with E-state index in [9.17, 15) is 4.39 Å². The van der Waals surface area contributed by atoms with E-state index in [4.69, 9.17) is 14.4 Å². The second-order valence-electron chi connectivity index (χ2n) is 4.07. The smallest absolute Gasteiger partial charge is 0.261 e. The molecule has 1 N–H and O–H groups in total. The van der Waals surface area contributed by atoms with Gasteiger partial charge in [-0.25, -0.2) is 4.98 Å². The average Bonchev–Trinajstić information content (AvgIpc) is 2.87. The second kappa shape index (κ2) is 5.09. The number of ether oxygens (including phenoxy) is 1. The van der Waals surface area contributed by atoms with Crippen LogP contribution in [0.2, 0.25) is 0 Å². The normalized spacial score (nSPS) is 10.3. The van der Waals surface area contributed by atoms with Crippen molar-refractivity contribution in [3.05, 3.63) is 42.0 Å². The number of rotatable bonds is 3. The SMILES string of the molecule is CNc1ncc(F)c(Oc2c(C#N)oc3ccccc23)n1. The summed E-state index contributed by atoms with van der Waals surface area (Å²) in [4.78, 5) is 7.60. The molecule has 3 rings (SSSR count). The lowest BCUT2D eigenvalue weighted by atomic mass is 10.2. The molecule has 0 amide bonds. The van der Waals surface area contributed by atoms with Gasteiger partial charge in [-0.05, 0) is 12.1 Å². The zero-order valence-electron chi connectivity index (χ0n) is 10.9. The molecule has 3 aromatic rings. The Balaban J connectivity index is 2.12. The van der Waals surface area contributed by atoms with Crippen LogP contribution < -0.4 is 10.1 Å². The van der Waals surface area contributed by atoms with E-state index in [1.54, 1.807) is 31.3 Å². The molecule has 0 unspecified atom stereocenters. The lowest BCUT2D eigenvalue weighted by Gasteiger charge is -2.05. The number of fused-ring (bicyclic) bond motifs is 1. The molecule has 0 fully saturated rings. The van der Waals surface area contributed by atoms with Crippen LogP contribution in [-0.4, -0.2) is 17.0 Å². The monoisotopic (exact) mass is 284 g/mol. The minimum atomic E-state index is -0.733. The Morgan fingerprint density at radius 1 is 1.38 bits per heavy atom. The van der Waals surface area contributed by atoms with Crippen molar-refractivity contribution < 1.29 is 13.5 Å². The van der Waals surface area contributed by atoms with Crippen molar-refractivity contribution in [1.82, 2.24) is 9.97 Å². The number of benzene rings is 1. The van der Waals surface area contributed by atoms with Crippen LogP contribution in [0.15, 0.2) is 34.9 Å². The van der Waals surface area contributed by atoms with E-state index in [1.165, 1.54) is 0 Å². The number of furan rings is 1. The predicted octanol–water partition coefficient (Wildman–Crippen LogP) is 3.07. The van der Waals surface area contributed by atoms with Crippen LogP contribution in [0.3, 0.4) is 0 Å². The number of nitrogens with one attached hydrogen (secondary N) is 1. The van der Waals surface area contributed by atoms with Crippen molar-refractivity contribution in [2.24, 2.45) is 0 Å². The Hall–Kier alpha value is -3.14. The number of hydrogen-bond donors (Lipinski definition) is 1. The number of nitriles is 1. The number of hydrogen-bond acceptors (Lipinski definition) is 6. The predicted molar refractivity (Wildman–Crippen MR) is 72.5 cm³/mol. The van der Waals surface area contributed by atoms with E-state index in [0.29, 0.717) is 11.0 Å². The summed E-state index contributed by atoms with van der Waals surface area (Å²) in [7, 11) is 1.60. The third-order valence-electron chi connectivity index (χ3n) is 2.79. The minimum absolute atomic E-state index is 0.0415. The van der Waals surface area contributed by atoms with Crippen molar-refractivity contribution >= 4 is 16.9 Å². The highest BCUT2D eigenvalue weighted by molar-refractivity contribution is 5.86. The van der Waals surface area contributed by atoms with Gasteiger partial charge in [-0.3, -0.25) is 0 Å². The van der Waals surface area contributed by atoms with Gasteiger partial charge in [0.05, 0.1) is 11.6 Å². The first-order valence-corrected chi connectivity index (χ1v) is 6.02. The molecule has 2 aromatic heterocycles. The minimum Gasteiger partial charge on any atom is -0.442 e. The van der Waals surface area contributed by atoms with Crippen molar-refractivity contribution in [3.63, 3.8) is 0 Å². The van der Waals surface area contributed by atoms with Gasteiger partial charge in [-0.15, -0.1) is 0 Å². The van der Waals surface area contributed by atoms with Crippen molar-refractivity contribution in [1.29, 1.82) is 5.26 Å². The fourth-order valence-corrected chi connectivity index (χ4v) is 1.84. The molecule has 1 aromatic carbocycles. The van der Waals surface area contributed by atoms with Crippen LogP contribution in [0.1, 0.15) is 5.76 Å². The molecule has 0 aliphatic heterocycles. The largest absolute Gasteiger partial charge is 0.442 e. The van der Waals surface area contributed by atoms with Crippen LogP contribution in [0.4, 0.5) is 10.3 Å². The average molecular weight is 284 g/mol. The second-order valence-corrected chi connectivity index (χ2v) is 4.07. The van der Waals surface area contributed by atoms with E-state index in [-0.39, 0.29) is 23.3 Å². The van der Waals surface area contributed by atoms with Gasteiger partial charge in [-0.1, -0.05) is 12.1 Å². The molecule has 7 heteroatoms. The van der Waals surface area contributed by atoms with E-state index in [0.717, 1.165) is 6.20 Å². The highest BCUT2D eigenvalue weighted by Crippen LogP contribution is 2.35. The topological polar surface area (TPSA) is 84.0 Å². The molecule has 0 saturated heterocycles. The standard InChI is InChI=1S/C14H9FN4O2/c1-17-14-18-7-9(15)13(19-14)21-12-8-4-2-3-5-10(8)20-11(12)6-16/h2-5,7H,1H3,(H,17,18,19). The first kappa shape index (κ1) is 12.9. The zero-order chi connectivity index (χ0) is 14.8. The Kier molecular flexibility index (Phi) is 3.12. The fourth-order valence-electron chi connectivity index (χ4n) is 1.84. The van der Waals surface area contributed by atoms with Gasteiger partial charge in [0, 0.05) is 7.05 Å². The lowest BCUT2D eigenvalue weighted by molar-refractivity contribution is 0.414. The first-order chi connectivity index (χ1) is 10.2. The molecule has 0 atom stereocenters. The Labute approximate surface area is 118 Å². The number of halogens is 1. The maximum Gasteiger partial charge on any atom is 0.261 e. The lowest BCUT2D eigenvalue weighted by Crippen LogP contribution is -2.00. The zero-order valence-corrected chi connectivity index (χ0v) is 10.9. The summed E-state index contributed by atoms with van der Waals surface area (Å²) in [6, 6.07) is 8.82. The van der Waals surface area contributed by atoms with E-state index < -0.39 is 5.82 Å². The van der Waals surface area contributed by atoms with Gasteiger partial charge in [0.15, 0.2) is 5.75 Å². The van der Waals surface area contributed by atoms with Crippen LogP contribution >= 0.6 is 0 Å². The van der Waals surface area contributed by atoms with E-state index in [2.05, 4.69) is 15.3 Å². The van der Waals surface area contributed by atoms with Gasteiger partial charge in [0.25, 0.3) is 5.88 Å². The van der Waals surface area contributed by atoms with Gasteiger partial charge in [-0.2, -0.15) is 14.6 Å². The van der Waals surface area contributed by atoms with Gasteiger partial charge >= 0.3 is 0 Å². The van der Waals surface area contributed by atoms with Gasteiger partial charge in [0.2, 0.25) is 17.5 Å². The molecular formula is C14H9FN4O2. The summed E-state index contributed by atoms with van der Waals surface area (Å²) in [5.41, 5.74) is 0.479. The molecule has 0 aliphatic carbocycles. The van der Waals surface area contributed by atoms with Crippen molar-refractivity contribution in [2.45, 2.75) is 0 Å². The summed E-state index contributed by atoms with van der Waals surface area (Å²) in [6.45, 7) is 0. The highest BCUT2D eigenvalue weighted by Gasteiger charge is 2.18. The number of anilines is 1. The summed E-state index contributed by atoms with van der Waals surface area (Å²) in [6.07, 6.45) is 0.989. The fraction of sp³-hybridized carbons (Fsp3) is 0.0714. The number of para-hydroxylation sites is 1. The Morgan fingerprint density at radius 2 is 2.19 bits per heavy atom. The molecule has 0 bridgehead atoms. The van der Waals surface area contributed by atoms with Crippen LogP contribution in [0.25, 0.3) is 11.0 Å². The van der Waals surface area contributed by atoms with Crippen LogP contribution in [0.5, 0.6) is 11.6 Å². The maximum atomic E-state index is 13.7. The summed E-state index contributed by atoms with van der Waals surface area (Å²) >= 11 is 0. The molecule has 0 radical (unpaired) electrons. The maximum absolute atomic E-state index is 13.7. The molecule has 0 spiro atoms. The van der Waals surface area contributed by atoms with Crippen molar-refractivity contribution in [2.75, 3.05) is 12.4 Å². The third-order valence-corrected chi connectivity index (χ3v) is 2.79.